The van der Waals surface area contributed by atoms with Crippen LogP contribution in [0, 0.1) is 0 Å². The highest BCUT2D eigenvalue weighted by Gasteiger charge is 2.27. The number of nitrogens with one attached hydrogen (secondary N) is 1. The molecule has 0 unspecified atom stereocenters. The summed E-state index contributed by atoms with van der Waals surface area (Å²) in [5.41, 5.74) is 4.82. The first-order valence-corrected chi connectivity index (χ1v) is 12.5. The Balaban J connectivity index is 1.30. The van der Waals surface area contributed by atoms with Crippen LogP contribution >= 0.6 is 11.6 Å². The Hall–Kier alpha value is -3.55. The van der Waals surface area contributed by atoms with Gasteiger partial charge in [0, 0.05) is 48.5 Å². The third-order valence-corrected chi connectivity index (χ3v) is 7.02. The average Bonchev–Trinajstić information content (AvgIpc) is 3.05. The van der Waals surface area contributed by atoms with Gasteiger partial charge < -0.3 is 24.8 Å². The Labute approximate surface area is 216 Å². The molecule has 0 radical (unpaired) electrons. The molecule has 1 amide bonds. The number of nitrogens with zero attached hydrogens (tertiary/aromatic N) is 4. The normalized spacial score (nSPS) is 15.9. The van der Waals surface area contributed by atoms with E-state index >= 15 is 0 Å². The van der Waals surface area contributed by atoms with Crippen molar-refractivity contribution in [3.05, 3.63) is 82.9 Å². The monoisotopic (exact) mass is 503 g/mol. The maximum atomic E-state index is 12.9. The zero-order valence-corrected chi connectivity index (χ0v) is 21.5. The van der Waals surface area contributed by atoms with Crippen LogP contribution in [0.1, 0.15) is 24.1 Å². The Bertz CT molecular complexity index is 1300. The van der Waals surface area contributed by atoms with Gasteiger partial charge in [-0.25, -0.2) is 9.79 Å². The molecule has 0 aromatic heterocycles. The van der Waals surface area contributed by atoms with Gasteiger partial charge in [0.05, 0.1) is 11.4 Å². The van der Waals surface area contributed by atoms with Crippen molar-refractivity contribution in [2.45, 2.75) is 13.0 Å². The molecule has 2 aliphatic rings. The van der Waals surface area contributed by atoms with Gasteiger partial charge in [-0.1, -0.05) is 35.9 Å². The lowest BCUT2D eigenvalue weighted by atomic mass is 10.1. The number of piperazine rings is 1. The Kier molecular flexibility index (Phi) is 6.85. The largest absolute Gasteiger partial charge is 0.415 e. The summed E-state index contributed by atoms with van der Waals surface area (Å²) in [5, 5.41) is 4.13. The second-order valence-electron chi connectivity index (χ2n) is 9.32. The molecule has 1 atom stereocenters. The van der Waals surface area contributed by atoms with Crippen LogP contribution in [0.5, 0.6) is 5.75 Å². The van der Waals surface area contributed by atoms with Crippen molar-refractivity contribution in [3.8, 4) is 5.75 Å². The van der Waals surface area contributed by atoms with Crippen molar-refractivity contribution < 1.29 is 9.53 Å². The smallest absolute Gasteiger partial charge is 0.410 e. The van der Waals surface area contributed by atoms with Gasteiger partial charge in [-0.2, -0.15) is 0 Å². The first kappa shape index (κ1) is 24.2. The molecule has 3 aromatic carbocycles. The average molecular weight is 504 g/mol. The molecule has 186 valence electrons. The van der Waals surface area contributed by atoms with Gasteiger partial charge in [-0.15, -0.1) is 0 Å². The Morgan fingerprint density at radius 2 is 1.78 bits per heavy atom. The third-order valence-electron chi connectivity index (χ3n) is 6.78. The molecule has 36 heavy (non-hydrogen) atoms. The predicted octanol–water partition coefficient (Wildman–Crippen LogP) is 5.91. The zero-order valence-electron chi connectivity index (χ0n) is 20.7. The summed E-state index contributed by atoms with van der Waals surface area (Å²) >= 11 is 6.27. The molecule has 2 heterocycles. The first-order valence-electron chi connectivity index (χ1n) is 12.1. The minimum atomic E-state index is -0.327. The molecule has 0 aliphatic carbocycles. The van der Waals surface area contributed by atoms with E-state index in [2.05, 4.69) is 28.1 Å². The minimum Gasteiger partial charge on any atom is -0.410 e. The fourth-order valence-corrected chi connectivity index (χ4v) is 4.62. The van der Waals surface area contributed by atoms with Crippen LogP contribution in [0.15, 0.2) is 71.7 Å². The lowest BCUT2D eigenvalue weighted by Crippen LogP contribution is -2.51. The number of fused-ring (bicyclic) bond motifs is 2. The van der Waals surface area contributed by atoms with Crippen molar-refractivity contribution in [2.24, 2.45) is 4.99 Å². The molecule has 2 aliphatic heterocycles. The molecule has 0 saturated carbocycles. The second-order valence-corrected chi connectivity index (χ2v) is 9.76. The fourth-order valence-electron chi connectivity index (χ4n) is 4.45. The summed E-state index contributed by atoms with van der Waals surface area (Å²) in [6, 6.07) is 21.8. The highest BCUT2D eigenvalue weighted by molar-refractivity contribution is 6.31. The van der Waals surface area contributed by atoms with E-state index in [9.17, 15) is 4.79 Å². The fraction of sp³-hybridized carbons (Fsp3) is 0.286. The Morgan fingerprint density at radius 3 is 2.56 bits per heavy atom. The number of aliphatic imine (C=N–C) groups is 1. The molecule has 8 heteroatoms. The van der Waals surface area contributed by atoms with Crippen LogP contribution in [0.25, 0.3) is 0 Å². The van der Waals surface area contributed by atoms with E-state index in [0.717, 1.165) is 34.0 Å². The molecule has 0 spiro atoms. The zero-order chi connectivity index (χ0) is 25.2. The number of amidine groups is 1. The van der Waals surface area contributed by atoms with E-state index in [1.165, 1.54) is 0 Å². The van der Waals surface area contributed by atoms with Crippen molar-refractivity contribution in [2.75, 3.05) is 45.6 Å². The number of carbonyl (C=O) groups is 1. The molecular weight excluding hydrogens is 474 g/mol. The summed E-state index contributed by atoms with van der Waals surface area (Å²) in [5.74, 6) is 1.44. The van der Waals surface area contributed by atoms with Crippen LogP contribution in [-0.4, -0.2) is 66.9 Å². The number of carbonyl (C=O) groups excluding carboxylic acids is 1. The standard InChI is InChI=1S/C28H30ClN5O2/c1-19(32(2)3)20-7-6-8-22(17-20)36-28(35)34-15-13-33(14-16-34)27-23-9-4-5-10-24(23)30-25-12-11-21(29)18-26(25)31-27/h4-12,17-19,30H,13-16H2,1-3H3/t19-/m0/s1. The highest BCUT2D eigenvalue weighted by atomic mass is 35.5. The van der Waals surface area contributed by atoms with E-state index in [0.29, 0.717) is 37.0 Å². The van der Waals surface area contributed by atoms with Crippen LogP contribution in [-0.2, 0) is 0 Å². The van der Waals surface area contributed by atoms with E-state index in [1.54, 1.807) is 4.90 Å². The number of anilines is 2. The Morgan fingerprint density at radius 1 is 1.00 bits per heavy atom. The number of benzene rings is 3. The molecule has 7 nitrogen and oxygen atoms in total. The number of para-hydroxylation sites is 1. The molecule has 5 rings (SSSR count). The lowest BCUT2D eigenvalue weighted by molar-refractivity contribution is 0.130. The van der Waals surface area contributed by atoms with Crippen molar-refractivity contribution in [3.63, 3.8) is 0 Å². The maximum Gasteiger partial charge on any atom is 0.415 e. The lowest BCUT2D eigenvalue weighted by Gasteiger charge is -2.36. The number of amides is 1. The maximum absolute atomic E-state index is 12.9. The summed E-state index contributed by atoms with van der Waals surface area (Å²) in [4.78, 5) is 24.0. The van der Waals surface area contributed by atoms with Gasteiger partial charge in [0.25, 0.3) is 0 Å². The van der Waals surface area contributed by atoms with Gasteiger partial charge in [0.2, 0.25) is 0 Å². The quantitative estimate of drug-likeness (QED) is 0.481. The van der Waals surface area contributed by atoms with E-state index in [4.69, 9.17) is 21.3 Å². The van der Waals surface area contributed by atoms with Gasteiger partial charge in [-0.05, 0) is 69.0 Å². The molecule has 1 N–H and O–H groups in total. The summed E-state index contributed by atoms with van der Waals surface area (Å²) in [7, 11) is 4.06. The van der Waals surface area contributed by atoms with Gasteiger partial charge in [-0.3, -0.25) is 0 Å². The summed E-state index contributed by atoms with van der Waals surface area (Å²) in [6.45, 7) is 4.51. The van der Waals surface area contributed by atoms with Crippen LogP contribution in [0.3, 0.4) is 0 Å². The second kappa shape index (κ2) is 10.2. The SMILES string of the molecule is C[C@@H](c1cccc(OC(=O)N2CCN(C3=Nc4cc(Cl)ccc4Nc4ccccc43)CC2)c1)N(C)C. The summed E-state index contributed by atoms with van der Waals surface area (Å²) in [6.07, 6.45) is -0.327. The van der Waals surface area contributed by atoms with E-state index < -0.39 is 0 Å². The van der Waals surface area contributed by atoms with Crippen molar-refractivity contribution in [1.29, 1.82) is 0 Å². The molecule has 1 saturated heterocycles. The number of hydrogen-bond acceptors (Lipinski definition) is 6. The third kappa shape index (κ3) is 5.03. The number of hydrogen-bond donors (Lipinski definition) is 1. The molecule has 0 bridgehead atoms. The van der Waals surface area contributed by atoms with Gasteiger partial charge >= 0.3 is 6.09 Å². The predicted molar refractivity (Wildman–Crippen MR) is 145 cm³/mol. The van der Waals surface area contributed by atoms with E-state index in [1.807, 2.05) is 74.8 Å². The topological polar surface area (TPSA) is 60.4 Å². The van der Waals surface area contributed by atoms with E-state index in [-0.39, 0.29) is 12.1 Å². The van der Waals surface area contributed by atoms with Crippen LogP contribution in [0.2, 0.25) is 5.02 Å². The molecule has 3 aromatic rings. The van der Waals surface area contributed by atoms with Gasteiger partial charge in [0.1, 0.15) is 11.6 Å². The summed E-state index contributed by atoms with van der Waals surface area (Å²) < 4.78 is 5.74. The molecule has 1 fully saturated rings. The highest BCUT2D eigenvalue weighted by Crippen LogP contribution is 2.36. The van der Waals surface area contributed by atoms with Gasteiger partial charge in [0.15, 0.2) is 0 Å². The minimum absolute atomic E-state index is 0.227. The number of rotatable bonds is 3. The number of ether oxygens (including phenoxy) is 1. The van der Waals surface area contributed by atoms with Crippen LogP contribution < -0.4 is 10.1 Å². The first-order chi connectivity index (χ1) is 17.4. The molecular formula is C28H30ClN5O2. The number of halogens is 1. The van der Waals surface area contributed by atoms with Crippen molar-refractivity contribution in [1.82, 2.24) is 14.7 Å². The van der Waals surface area contributed by atoms with Crippen molar-refractivity contribution >= 4 is 40.6 Å². The van der Waals surface area contributed by atoms with Crippen LogP contribution in [0.4, 0.5) is 21.9 Å².